The van der Waals surface area contributed by atoms with E-state index in [1.54, 1.807) is 13.8 Å². The van der Waals surface area contributed by atoms with Crippen molar-refractivity contribution in [1.29, 1.82) is 0 Å². The molecule has 2 atom stereocenters. The smallest absolute Gasteiger partial charge is 0.309 e. The summed E-state index contributed by atoms with van der Waals surface area (Å²) in [7, 11) is 0. The molecule has 0 spiro atoms. The first kappa shape index (κ1) is 40.1. The maximum Gasteiger partial charge on any atom is 0.309 e. The van der Waals surface area contributed by atoms with Crippen LogP contribution < -0.4 is 19.5 Å². The normalized spacial score (nSPS) is 18.2. The minimum atomic E-state index is -1.01. The van der Waals surface area contributed by atoms with Crippen LogP contribution >= 0.6 is 11.6 Å². The Morgan fingerprint density at radius 3 is 2.20 bits per heavy atom. The van der Waals surface area contributed by atoms with Crippen molar-refractivity contribution < 1.29 is 33.7 Å². The number of hydrogen-bond donors (Lipinski definition) is 2. The number of amides is 2. The molecule has 3 aromatic carbocycles. The predicted octanol–water partition coefficient (Wildman–Crippen LogP) is 7.32. The van der Waals surface area contributed by atoms with Crippen LogP contribution in [0.4, 0.5) is 0 Å². The first-order valence-electron chi connectivity index (χ1n) is 19.3. The molecule has 1 aliphatic carbocycles. The highest BCUT2D eigenvalue weighted by molar-refractivity contribution is 6.32. The monoisotopic (exact) mass is 771 g/mol. The molecule has 55 heavy (non-hydrogen) atoms. The zero-order valence-corrected chi connectivity index (χ0v) is 33.6. The van der Waals surface area contributed by atoms with Crippen molar-refractivity contribution in [2.75, 3.05) is 39.5 Å². The Morgan fingerprint density at radius 2 is 1.51 bits per heavy atom. The zero-order chi connectivity index (χ0) is 39.4. The van der Waals surface area contributed by atoms with Crippen molar-refractivity contribution in [3.05, 3.63) is 93.0 Å². The number of rotatable bonds is 16. The van der Waals surface area contributed by atoms with Crippen LogP contribution in [0.2, 0.25) is 5.02 Å². The fourth-order valence-electron chi connectivity index (χ4n) is 7.24. The number of piperazine rings is 1. The summed E-state index contributed by atoms with van der Waals surface area (Å²) in [4.78, 5) is 43.8. The first-order valence-corrected chi connectivity index (χ1v) is 19.7. The number of carbonyl (C=O) groups excluding carboxylic acids is 2. The SMILES string of the molecule is Cc1ccc(OCCN(C(=O)C2=C(c3ccc(OCCOc4cc(C)c(C)cc4Cl)cc3)C[C@@H]3CN(C(=O)CCC(C)(C)C(=O)O)C[C@H]2N3)C2CC2)cc1C. The summed E-state index contributed by atoms with van der Waals surface area (Å²) in [6.07, 6.45) is 2.81. The molecule has 0 unspecified atom stereocenters. The van der Waals surface area contributed by atoms with Gasteiger partial charge >= 0.3 is 5.97 Å². The molecule has 3 aromatic rings. The number of halogens is 1. The van der Waals surface area contributed by atoms with Crippen molar-refractivity contribution in [2.24, 2.45) is 5.41 Å². The Morgan fingerprint density at radius 1 is 0.855 bits per heavy atom. The topological polar surface area (TPSA) is 118 Å². The predicted molar refractivity (Wildman–Crippen MR) is 214 cm³/mol. The molecule has 11 heteroatoms. The summed E-state index contributed by atoms with van der Waals surface area (Å²) in [6, 6.07) is 17.4. The van der Waals surface area contributed by atoms with E-state index in [0.717, 1.165) is 46.4 Å². The molecule has 2 N–H and O–H groups in total. The van der Waals surface area contributed by atoms with Gasteiger partial charge in [-0.2, -0.15) is 0 Å². The number of carbonyl (C=O) groups is 3. The standard InChI is InChI=1S/C44H54ClN3O7/c1-27-7-12-35(21-28(27)2)53-18-17-48(33-10-11-33)42(50)41-36(24-32-25-47(26-38(41)46-32)40(49)15-16-44(5,6)43(51)52)31-8-13-34(14-9-31)54-19-20-55-39-23-30(4)29(3)22-37(39)45/h7-9,12-14,21-23,32-33,38,46H,10-11,15-20,24-26H2,1-6H3,(H,51,52)/t32-,38-/m1/s1. The van der Waals surface area contributed by atoms with Crippen LogP contribution in [0.15, 0.2) is 60.2 Å². The van der Waals surface area contributed by atoms with Crippen LogP contribution in [0.1, 0.15) is 73.8 Å². The number of fused-ring (bicyclic) bond motifs is 2. The molecule has 0 radical (unpaired) electrons. The highest BCUT2D eigenvalue weighted by atomic mass is 35.5. The van der Waals surface area contributed by atoms with Crippen molar-refractivity contribution in [3.63, 3.8) is 0 Å². The number of aliphatic carboxylic acids is 1. The third-order valence-electron chi connectivity index (χ3n) is 11.2. The number of aryl methyl sites for hydroxylation is 4. The van der Waals surface area contributed by atoms with Crippen LogP contribution in [-0.2, 0) is 14.4 Å². The van der Waals surface area contributed by atoms with E-state index < -0.39 is 11.4 Å². The molecule has 294 valence electrons. The lowest BCUT2D eigenvalue weighted by atomic mass is 9.82. The summed E-state index contributed by atoms with van der Waals surface area (Å²) in [5.74, 6) is 1.04. The van der Waals surface area contributed by atoms with Crippen LogP contribution in [0, 0.1) is 33.1 Å². The number of carboxylic acid groups (broad SMARTS) is 1. The molecule has 6 rings (SSSR count). The average molecular weight is 772 g/mol. The summed E-state index contributed by atoms with van der Waals surface area (Å²) >= 11 is 6.38. The Kier molecular flexibility index (Phi) is 12.5. The van der Waals surface area contributed by atoms with Gasteiger partial charge < -0.3 is 34.4 Å². The summed E-state index contributed by atoms with van der Waals surface area (Å²) in [5.41, 5.74) is 6.14. The number of nitrogens with one attached hydrogen (secondary N) is 1. The van der Waals surface area contributed by atoms with Gasteiger partial charge in [-0.15, -0.1) is 0 Å². The third kappa shape index (κ3) is 9.83. The van der Waals surface area contributed by atoms with Crippen molar-refractivity contribution in [3.8, 4) is 17.2 Å². The van der Waals surface area contributed by atoms with E-state index in [9.17, 15) is 19.5 Å². The van der Waals surface area contributed by atoms with Gasteiger partial charge in [-0.25, -0.2) is 0 Å². The number of hydrogen-bond acceptors (Lipinski definition) is 7. The Labute approximate surface area is 329 Å². The molecule has 10 nitrogen and oxygen atoms in total. The quantitative estimate of drug-likeness (QED) is 0.146. The Balaban J connectivity index is 1.20. The third-order valence-corrected chi connectivity index (χ3v) is 11.5. The summed E-state index contributed by atoms with van der Waals surface area (Å²) in [5, 5.41) is 13.8. The molecule has 2 heterocycles. The van der Waals surface area contributed by atoms with E-state index in [0.29, 0.717) is 68.0 Å². The minimum Gasteiger partial charge on any atom is -0.492 e. The number of benzene rings is 3. The number of carboxylic acids is 1. The van der Waals surface area contributed by atoms with Gasteiger partial charge in [0.1, 0.15) is 37.1 Å². The molecule has 2 aliphatic heterocycles. The minimum absolute atomic E-state index is 0.0408. The highest BCUT2D eigenvalue weighted by Gasteiger charge is 2.43. The van der Waals surface area contributed by atoms with Crippen LogP contribution in [0.5, 0.6) is 17.2 Å². The summed E-state index contributed by atoms with van der Waals surface area (Å²) in [6.45, 7) is 13.7. The highest BCUT2D eigenvalue weighted by Crippen LogP contribution is 2.38. The molecule has 3 aliphatic rings. The molecular formula is C44H54ClN3O7. The fourth-order valence-corrected chi connectivity index (χ4v) is 7.51. The summed E-state index contributed by atoms with van der Waals surface area (Å²) < 4.78 is 18.1. The molecular weight excluding hydrogens is 718 g/mol. The number of nitrogens with zero attached hydrogens (tertiary/aromatic N) is 2. The van der Waals surface area contributed by atoms with Gasteiger partial charge in [0.15, 0.2) is 0 Å². The van der Waals surface area contributed by atoms with Gasteiger partial charge in [0, 0.05) is 37.2 Å². The first-order chi connectivity index (χ1) is 26.2. The Hall–Kier alpha value is -4.54. The van der Waals surface area contributed by atoms with Crippen LogP contribution in [0.25, 0.3) is 5.57 Å². The van der Waals surface area contributed by atoms with E-state index in [4.69, 9.17) is 25.8 Å². The van der Waals surface area contributed by atoms with Gasteiger partial charge in [-0.3, -0.25) is 14.4 Å². The molecule has 0 aromatic heterocycles. The average Bonchev–Trinajstić information content (AvgIpc) is 3.99. The molecule has 1 saturated heterocycles. The second-order valence-electron chi connectivity index (χ2n) is 15.9. The van der Waals surface area contributed by atoms with Crippen molar-refractivity contribution in [2.45, 2.75) is 91.8 Å². The lowest BCUT2D eigenvalue weighted by Crippen LogP contribution is -2.62. The van der Waals surface area contributed by atoms with Crippen molar-refractivity contribution >= 4 is 35.0 Å². The van der Waals surface area contributed by atoms with Crippen molar-refractivity contribution in [1.82, 2.24) is 15.1 Å². The number of ether oxygens (including phenoxy) is 3. The zero-order valence-electron chi connectivity index (χ0n) is 32.9. The fraction of sp³-hybridized carbons (Fsp3) is 0.477. The molecule has 2 amide bonds. The van der Waals surface area contributed by atoms with Gasteiger partial charge in [0.05, 0.1) is 23.0 Å². The molecule has 2 bridgehead atoms. The van der Waals surface area contributed by atoms with Gasteiger partial charge in [0.25, 0.3) is 5.91 Å². The second-order valence-corrected chi connectivity index (χ2v) is 16.3. The van der Waals surface area contributed by atoms with E-state index in [2.05, 4.69) is 19.2 Å². The largest absolute Gasteiger partial charge is 0.492 e. The van der Waals surface area contributed by atoms with E-state index in [-0.39, 0.29) is 42.8 Å². The lowest BCUT2D eigenvalue weighted by Gasteiger charge is -2.45. The van der Waals surface area contributed by atoms with Gasteiger partial charge in [-0.1, -0.05) is 29.8 Å². The van der Waals surface area contributed by atoms with Crippen LogP contribution in [0.3, 0.4) is 0 Å². The van der Waals surface area contributed by atoms with Gasteiger partial charge in [-0.05, 0) is 137 Å². The maximum atomic E-state index is 14.8. The molecule has 2 fully saturated rings. The molecule has 1 saturated carbocycles. The maximum absolute atomic E-state index is 14.8. The van der Waals surface area contributed by atoms with Crippen LogP contribution in [-0.4, -0.2) is 90.3 Å². The lowest BCUT2D eigenvalue weighted by molar-refractivity contribution is -0.148. The van der Waals surface area contributed by atoms with E-state index in [1.807, 2.05) is 78.2 Å². The van der Waals surface area contributed by atoms with E-state index >= 15 is 0 Å². The van der Waals surface area contributed by atoms with Gasteiger partial charge in [0.2, 0.25) is 5.91 Å². The van der Waals surface area contributed by atoms with E-state index in [1.165, 1.54) is 5.56 Å². The Bertz CT molecular complexity index is 1940. The second kappa shape index (κ2) is 17.1.